The third-order valence-corrected chi connectivity index (χ3v) is 26.7. The molecule has 141 heavy (non-hydrogen) atoms. The zero-order chi connectivity index (χ0) is 104. The fourth-order valence-electron chi connectivity index (χ4n) is 18.0. The summed E-state index contributed by atoms with van der Waals surface area (Å²) in [4.78, 5) is 286. The number of likely N-dealkylation sites (N-methyl/N-ethyl adjacent to an activating group) is 3. The normalized spacial score (nSPS) is 24.5. The highest BCUT2D eigenvalue weighted by molar-refractivity contribution is 8.00. The molecule has 0 radical (unpaired) electrons. The summed E-state index contributed by atoms with van der Waals surface area (Å²) in [6.07, 6.45) is 4.85. The van der Waals surface area contributed by atoms with Gasteiger partial charge in [0.05, 0.1) is 36.9 Å². The molecule has 42 nitrogen and oxygen atoms in total. The Morgan fingerprint density at radius 1 is 0.603 bits per heavy atom. The van der Waals surface area contributed by atoms with Gasteiger partial charge in [0, 0.05) is 131 Å². The molecule has 3 saturated heterocycles. The summed E-state index contributed by atoms with van der Waals surface area (Å²) in [5.74, 6) is -20.5. The van der Waals surface area contributed by atoms with Crippen molar-refractivity contribution >= 4 is 146 Å². The summed E-state index contributed by atoms with van der Waals surface area (Å²) in [6, 6.07) is -0.713. The molecule has 20 N–H and O–H groups in total. The molecule has 0 bridgehead atoms. The maximum atomic E-state index is 16.0. The molecular formula is C98H137N19O23S. The number of nitrogens with one attached hydrogen (secondary N) is 10. The molecule has 5 aromatic rings. The number of nitrogens with zero attached hydrogens (tertiary/aromatic N) is 6. The molecule has 43 heteroatoms. The number of ketones is 2. The lowest BCUT2D eigenvalue weighted by Gasteiger charge is -2.36. The van der Waals surface area contributed by atoms with Crippen molar-refractivity contribution in [3.05, 3.63) is 102 Å². The summed E-state index contributed by atoms with van der Waals surface area (Å²) < 4.78 is 1.44. The second-order valence-corrected chi connectivity index (χ2v) is 38.4. The van der Waals surface area contributed by atoms with E-state index in [1.807, 2.05) is 13.8 Å². The Labute approximate surface area is 822 Å². The second kappa shape index (κ2) is 53.9. The Balaban J connectivity index is 1.22. The number of fused-ring (bicyclic) bond motifs is 4. The van der Waals surface area contributed by atoms with Crippen LogP contribution in [-0.4, -0.2) is 317 Å². The molecule has 16 atom stereocenters. The highest BCUT2D eigenvalue weighted by atomic mass is 32.2. The molecule has 3 aromatic carbocycles. The predicted octanol–water partition coefficient (Wildman–Crippen LogP) is 0.0500. The van der Waals surface area contributed by atoms with Crippen LogP contribution >= 0.6 is 11.8 Å². The number of carbonyl (C=O) groups excluding carboxylic acids is 17. The highest BCUT2D eigenvalue weighted by Crippen LogP contribution is 2.32. The largest absolute Gasteiger partial charge is 0.508 e. The van der Waals surface area contributed by atoms with Crippen molar-refractivity contribution in [2.24, 2.45) is 40.9 Å². The van der Waals surface area contributed by atoms with E-state index in [2.05, 4.69) is 58.8 Å². The van der Waals surface area contributed by atoms with Crippen molar-refractivity contribution < 1.29 is 112 Å². The van der Waals surface area contributed by atoms with Crippen LogP contribution in [-0.2, 0) is 117 Å². The number of rotatable bonds is 29. The monoisotopic (exact) mass is 1980 g/mol. The van der Waals surface area contributed by atoms with Crippen molar-refractivity contribution in [2.45, 2.75) is 262 Å². The number of hydrogen-bond acceptors (Lipinski definition) is 24. The molecule has 5 heterocycles. The minimum absolute atomic E-state index is 0.00850. The molecule has 3 aliphatic heterocycles. The number of terminal acetylenes is 1. The van der Waals surface area contributed by atoms with E-state index in [0.717, 1.165) is 36.3 Å². The summed E-state index contributed by atoms with van der Waals surface area (Å²) in [5.41, 5.74) is 20.6. The van der Waals surface area contributed by atoms with Crippen LogP contribution in [0, 0.1) is 36.0 Å². The van der Waals surface area contributed by atoms with E-state index in [0.29, 0.717) is 64.2 Å². The summed E-state index contributed by atoms with van der Waals surface area (Å²) >= 11 is 0.727. The zero-order valence-corrected chi connectivity index (χ0v) is 82.3. The lowest BCUT2D eigenvalue weighted by atomic mass is 9.88. The topological polar surface area (TPSA) is 629 Å². The number of nitrogens with two attached hydrogens (primary N) is 3. The van der Waals surface area contributed by atoms with Gasteiger partial charge in [-0.25, -0.2) is 4.79 Å². The van der Waals surface area contributed by atoms with Crippen molar-refractivity contribution in [1.82, 2.24) is 81.9 Å². The third-order valence-electron chi connectivity index (χ3n) is 25.6. The van der Waals surface area contributed by atoms with Gasteiger partial charge in [-0.3, -0.25) is 86.3 Å². The lowest BCUT2D eigenvalue weighted by Crippen LogP contribution is -2.60. The summed E-state index contributed by atoms with van der Waals surface area (Å²) in [6.45, 7) is 9.21. The van der Waals surface area contributed by atoms with Gasteiger partial charge in [-0.15, -0.1) is 24.1 Å². The molecule has 15 amide bonds. The van der Waals surface area contributed by atoms with Crippen LogP contribution in [0.5, 0.6) is 5.75 Å². The van der Waals surface area contributed by atoms with Crippen LogP contribution in [0.4, 0.5) is 0 Å². The Bertz CT molecular complexity index is 5370. The SMILES string of the molecule is C#CC[C@H](NC(=O)CNC(=O)[C@@H]1CSCC(=O)N[C@@H](Cc2ccc(O)cc2)C(=O)N(C)[C@@H](C)C(=O)N[C@@H](CC(N)=O)C(=O)N2CCC[C@H]2C(=O)N[C@@H](CN)C(=O)C[C@@H](CC(C)C)C(=O)N2C[C@H](O)C[C@H]2C(=O)C[C@@H](Cc2c[nH]c3ccccc23)C(=O)N[C@@H](CCN)C(=O)N[C@@H](Cc2cn(CC(=O)O)c3ccccc23)C(=O)N(C)[C@@H](CCCC)C(=O)N(C)[C@@H](CCCC)C(=O)N[C@@H](CC(C)C)C(=O)N1)C(=O)O. The molecule has 8 rings (SSSR count). The number of benzene rings is 3. The fourth-order valence-corrected chi connectivity index (χ4v) is 18.8. The number of carboxylic acids is 2. The number of aromatic nitrogens is 2. The summed E-state index contributed by atoms with van der Waals surface area (Å²) in [5, 5.41) is 66.2. The van der Waals surface area contributed by atoms with Crippen molar-refractivity contribution in [2.75, 3.05) is 65.4 Å². The molecule has 0 unspecified atom stereocenters. The van der Waals surface area contributed by atoms with Crippen molar-refractivity contribution in [1.29, 1.82) is 0 Å². The summed E-state index contributed by atoms with van der Waals surface area (Å²) in [7, 11) is 3.88. The number of aliphatic carboxylic acids is 2. The van der Waals surface area contributed by atoms with E-state index in [9.17, 15) is 73.2 Å². The minimum atomic E-state index is -1.78. The number of thioether (sulfide) groups is 1. The number of aromatic hydroxyl groups is 1. The number of phenolic OH excluding ortho intramolecular Hbond substituents is 1. The maximum absolute atomic E-state index is 16.0. The second-order valence-electron chi connectivity index (χ2n) is 37.3. The van der Waals surface area contributed by atoms with Crippen molar-refractivity contribution in [3.8, 4) is 18.1 Å². The van der Waals surface area contributed by atoms with Crippen molar-refractivity contribution in [3.63, 3.8) is 0 Å². The molecule has 0 spiro atoms. The van der Waals surface area contributed by atoms with Crippen LogP contribution in [0.15, 0.2) is 85.2 Å². The van der Waals surface area contributed by atoms with Gasteiger partial charge in [0.1, 0.15) is 78.8 Å². The number of H-pyrrole nitrogens is 1. The average molecular weight is 1980 g/mol. The number of phenols is 1. The van der Waals surface area contributed by atoms with E-state index in [1.165, 1.54) is 63.1 Å². The van der Waals surface area contributed by atoms with Crippen LogP contribution in [0.2, 0.25) is 0 Å². The quantitative estimate of drug-likeness (QED) is 0.0281. The highest BCUT2D eigenvalue weighted by Gasteiger charge is 2.47. The number of aromatic amines is 1. The predicted molar refractivity (Wildman–Crippen MR) is 521 cm³/mol. The third kappa shape index (κ3) is 31.8. The Morgan fingerprint density at radius 2 is 1.21 bits per heavy atom. The lowest BCUT2D eigenvalue weighted by molar-refractivity contribution is -0.149. The number of aliphatic hydroxyl groups is 1. The van der Waals surface area contributed by atoms with Gasteiger partial charge >= 0.3 is 11.9 Å². The molecular weight excluding hydrogens is 1840 g/mol. The van der Waals surface area contributed by atoms with Gasteiger partial charge in [0.15, 0.2) is 11.6 Å². The molecule has 0 saturated carbocycles. The van der Waals surface area contributed by atoms with E-state index in [1.54, 1.807) is 82.4 Å². The molecule has 768 valence electrons. The smallest absolute Gasteiger partial charge is 0.327 e. The Kier molecular flexibility index (Phi) is 43.2. The fraction of sp³-hybridized carbons (Fsp3) is 0.561. The molecule has 0 aliphatic carbocycles. The van der Waals surface area contributed by atoms with Crippen LogP contribution in [0.25, 0.3) is 21.8 Å². The first-order valence-electron chi connectivity index (χ1n) is 47.8. The molecule has 3 aliphatic rings. The van der Waals surface area contributed by atoms with Gasteiger partial charge in [0.2, 0.25) is 88.6 Å². The van der Waals surface area contributed by atoms with Gasteiger partial charge in [0.25, 0.3) is 0 Å². The van der Waals surface area contributed by atoms with Gasteiger partial charge in [-0.2, -0.15) is 0 Å². The Morgan fingerprint density at radius 3 is 1.84 bits per heavy atom. The number of amides is 15. The average Bonchev–Trinajstić information content (AvgIpc) is 1.55. The molecule has 3 fully saturated rings. The number of hydrogen-bond donors (Lipinski definition) is 17. The van der Waals surface area contributed by atoms with Gasteiger partial charge in [-0.1, -0.05) is 116 Å². The number of unbranched alkanes of at least 4 members (excludes halogenated alkanes) is 2. The van der Waals surface area contributed by atoms with Crippen LogP contribution in [0.1, 0.15) is 168 Å². The number of Topliss-reactive ketones (excluding diaryl/α,β-unsaturated/α-hetero) is 2. The first-order valence-corrected chi connectivity index (χ1v) is 49.0. The van der Waals surface area contributed by atoms with Crippen LogP contribution < -0.4 is 65.1 Å². The van der Waals surface area contributed by atoms with E-state index >= 15 is 38.4 Å². The Hall–Kier alpha value is -13.3. The first-order chi connectivity index (χ1) is 66.9. The number of primary amides is 1. The number of aliphatic hydroxyl groups excluding tert-OH is 1. The maximum Gasteiger partial charge on any atom is 0.327 e. The van der Waals surface area contributed by atoms with Crippen LogP contribution in [0.3, 0.4) is 0 Å². The minimum Gasteiger partial charge on any atom is -0.508 e. The number of carbonyl (C=O) groups is 19. The van der Waals surface area contributed by atoms with E-state index in [4.69, 9.17) is 23.6 Å². The van der Waals surface area contributed by atoms with E-state index < -0.39 is 278 Å². The zero-order valence-electron chi connectivity index (χ0n) is 81.5. The standard InChI is InChI=1S/C98H137N19O23S/c1-12-15-26-76-91(132)107-69(38-55(6)7)90(131)111-74(88(129)103-48-83(123)104-68(22-14-3)98(139)140)52-141-53-84(124)105-70(39-57-30-32-62(118)33-31-57)94(135)112(9)56(8)86(127)108-72(45-82(101)122)96(137)116-36-21-29-77(116)92(133)110-73(46-100)80(120)43-59(37-54(4)5)93(134)117-50-63(119)44-79(117)81(121)42-58(40-60-47-102-66-25-19-17-23-64(60)66)87(128)106-67(34-35-99)89(130)109-71(95(136)114(11)78(27-16-13-2)97(138)113(76)10)41-61-49-115(51-85(125)126)75-28-20-18-24-65(61)75/h3,17-20,23-25,28,30-33,47,49,54-56,58-59,63,67-74,76-79,102,118-119H,12-13,15-16,21-22,26-27,29,34-46,48,50-53,99-100H2,1-2,4-11H3,(H2,101,122)(H,103,129)(H,104,123)(H,105,124)(H,106,128)(H,107,132)(H,108,127)(H,109,130)(H,110,133)(H,111,131)(H,125,126)(H,139,140)/t56-,58+,59+,63+,67-,68-,69-,70-,71-,72-,73-,74-,76-,77-,78-,79-/m0/s1. The first kappa shape index (κ1) is 113. The van der Waals surface area contributed by atoms with Gasteiger partial charge < -0.3 is 120 Å². The number of carboxylic acid groups (broad SMARTS) is 2. The number of para-hydroxylation sites is 2. The van der Waals surface area contributed by atoms with Gasteiger partial charge in [-0.05, 0) is 118 Å². The molecule has 2 aromatic heterocycles. The van der Waals surface area contributed by atoms with E-state index in [-0.39, 0.29) is 95.4 Å².